The number of carboxylic acid groups (broad SMARTS) is 1. The van der Waals surface area contributed by atoms with E-state index >= 15 is 0 Å². The molecule has 1 aliphatic heterocycles. The first-order valence-electron chi connectivity index (χ1n) is 5.38. The third kappa shape index (κ3) is 2.06. The van der Waals surface area contributed by atoms with Gasteiger partial charge in [0.1, 0.15) is 5.75 Å². The number of hydrogen-bond donors (Lipinski definition) is 2. The largest absolute Gasteiger partial charge is 0.570 e. The number of carbonyl (C=O) groups is 1. The molecular formula is C11H11BN2O4. The standard InChI is InChI=1S/C11H11BN2O4/c1-2-13-9-6-7-4-3-5-8(11(15)16)10(7)18-12(9)14-17/h2-5,9,13H,1,6H2,(H,15,16). The van der Waals surface area contributed by atoms with Crippen LogP contribution in [0.1, 0.15) is 15.9 Å². The van der Waals surface area contributed by atoms with Crippen LogP contribution in [0.25, 0.3) is 0 Å². The van der Waals surface area contributed by atoms with Crippen LogP contribution in [0.3, 0.4) is 0 Å². The van der Waals surface area contributed by atoms with Gasteiger partial charge in [-0.1, -0.05) is 23.8 Å². The first-order chi connectivity index (χ1) is 8.67. The number of para-hydroxylation sites is 1. The van der Waals surface area contributed by atoms with Gasteiger partial charge in [-0.25, -0.2) is 4.79 Å². The SMILES string of the molecule is C=CNC1Cc2cccc(C(=O)O)c2OB1N=O. The molecule has 0 saturated carbocycles. The number of fused-ring (bicyclic) bond motifs is 1. The fourth-order valence-corrected chi connectivity index (χ4v) is 1.98. The van der Waals surface area contributed by atoms with Gasteiger partial charge >= 0.3 is 13.0 Å². The number of aromatic carboxylic acids is 1. The van der Waals surface area contributed by atoms with E-state index in [1.807, 2.05) is 0 Å². The van der Waals surface area contributed by atoms with Crippen molar-refractivity contribution < 1.29 is 14.6 Å². The lowest BCUT2D eigenvalue weighted by atomic mass is 9.68. The highest BCUT2D eigenvalue weighted by atomic mass is 16.5. The van der Waals surface area contributed by atoms with Crippen LogP contribution < -0.4 is 9.97 Å². The number of hydrogen-bond acceptors (Lipinski definition) is 5. The normalized spacial score (nSPS) is 17.3. The van der Waals surface area contributed by atoms with Crippen molar-refractivity contribution in [2.45, 2.75) is 12.4 Å². The van der Waals surface area contributed by atoms with Gasteiger partial charge in [-0.2, -0.15) is 4.91 Å². The van der Waals surface area contributed by atoms with Gasteiger partial charge in [0.25, 0.3) is 0 Å². The second kappa shape index (κ2) is 4.91. The first-order valence-corrected chi connectivity index (χ1v) is 5.38. The number of nitrogens with zero attached hydrogens (tertiary/aromatic N) is 1. The van der Waals surface area contributed by atoms with Gasteiger partial charge in [0, 0.05) is 0 Å². The van der Waals surface area contributed by atoms with Crippen LogP contribution in [-0.2, 0) is 6.42 Å². The molecule has 1 aliphatic rings. The van der Waals surface area contributed by atoms with Crippen LogP contribution in [0, 0.1) is 4.91 Å². The van der Waals surface area contributed by atoms with Crippen molar-refractivity contribution in [3.8, 4) is 5.75 Å². The fraction of sp³-hybridized carbons (Fsp3) is 0.182. The molecular weight excluding hydrogens is 235 g/mol. The van der Waals surface area contributed by atoms with E-state index in [-0.39, 0.29) is 17.3 Å². The molecule has 2 rings (SSSR count). The van der Waals surface area contributed by atoms with E-state index in [0.717, 1.165) is 5.56 Å². The Balaban J connectivity index is 2.41. The van der Waals surface area contributed by atoms with Crippen molar-refractivity contribution in [1.82, 2.24) is 5.32 Å². The third-order valence-corrected chi connectivity index (χ3v) is 2.79. The minimum atomic E-state index is -1.09. The highest BCUT2D eigenvalue weighted by Crippen LogP contribution is 2.30. The summed E-state index contributed by atoms with van der Waals surface area (Å²) in [5.41, 5.74) is 0.771. The lowest BCUT2D eigenvalue weighted by Crippen LogP contribution is -2.48. The van der Waals surface area contributed by atoms with E-state index in [2.05, 4.69) is 17.0 Å². The highest BCUT2D eigenvalue weighted by Gasteiger charge is 2.38. The minimum Gasteiger partial charge on any atom is -0.536 e. The van der Waals surface area contributed by atoms with Gasteiger partial charge in [0.15, 0.2) is 0 Å². The Labute approximate surface area is 104 Å². The summed E-state index contributed by atoms with van der Waals surface area (Å²) in [5, 5.41) is 14.8. The molecule has 2 N–H and O–H groups in total. The van der Waals surface area contributed by atoms with Gasteiger partial charge in [-0.15, -0.1) is 0 Å². The number of carboxylic acids is 1. The zero-order valence-corrected chi connectivity index (χ0v) is 9.50. The predicted molar refractivity (Wildman–Crippen MR) is 66.4 cm³/mol. The molecule has 0 amide bonds. The van der Waals surface area contributed by atoms with Crippen molar-refractivity contribution >= 4 is 13.0 Å². The third-order valence-electron chi connectivity index (χ3n) is 2.79. The summed E-state index contributed by atoms with van der Waals surface area (Å²) < 4.78 is 5.37. The molecule has 0 fully saturated rings. The van der Waals surface area contributed by atoms with Crippen LogP contribution in [0.2, 0.25) is 0 Å². The Morgan fingerprint density at radius 2 is 2.44 bits per heavy atom. The Bertz CT molecular complexity index is 506. The number of rotatable bonds is 4. The molecule has 1 heterocycles. The van der Waals surface area contributed by atoms with Crippen LogP contribution >= 0.6 is 0 Å². The molecule has 0 aromatic heterocycles. The van der Waals surface area contributed by atoms with Gasteiger partial charge in [-0.05, 0) is 24.3 Å². The lowest BCUT2D eigenvalue weighted by molar-refractivity contribution is 0.0694. The number of benzene rings is 1. The summed E-state index contributed by atoms with van der Waals surface area (Å²) in [4.78, 5) is 21.8. The van der Waals surface area contributed by atoms with E-state index in [1.165, 1.54) is 12.3 Å². The monoisotopic (exact) mass is 246 g/mol. The molecule has 1 aromatic rings. The molecule has 6 nitrogen and oxygen atoms in total. The highest BCUT2D eigenvalue weighted by molar-refractivity contribution is 6.53. The maximum atomic E-state index is 11.1. The summed E-state index contributed by atoms with van der Waals surface area (Å²) in [5.74, 6) is -1.21. The lowest BCUT2D eigenvalue weighted by Gasteiger charge is -2.27. The van der Waals surface area contributed by atoms with Crippen molar-refractivity contribution in [3.05, 3.63) is 47.0 Å². The summed E-state index contributed by atoms with van der Waals surface area (Å²) in [6, 6.07) is 4.84. The maximum Gasteiger partial charge on any atom is 0.570 e. The zero-order valence-electron chi connectivity index (χ0n) is 9.50. The molecule has 0 aliphatic carbocycles. The van der Waals surface area contributed by atoms with E-state index in [4.69, 9.17) is 9.76 Å². The summed E-state index contributed by atoms with van der Waals surface area (Å²) in [6.07, 6.45) is 1.91. The first kappa shape index (κ1) is 12.2. The topological polar surface area (TPSA) is 88.0 Å². The predicted octanol–water partition coefficient (Wildman–Crippen LogP) is 1.22. The van der Waals surface area contributed by atoms with Crippen molar-refractivity contribution in [3.63, 3.8) is 0 Å². The molecule has 7 heteroatoms. The number of nitroso groups, excluding NO2 is 1. The molecule has 1 aromatic carbocycles. The molecule has 18 heavy (non-hydrogen) atoms. The minimum absolute atomic E-state index is 0.0400. The average molecular weight is 246 g/mol. The Hall–Kier alpha value is -2.31. The van der Waals surface area contributed by atoms with E-state index in [0.29, 0.717) is 6.42 Å². The van der Waals surface area contributed by atoms with Gasteiger partial charge in [0.2, 0.25) is 0 Å². The van der Waals surface area contributed by atoms with E-state index < -0.39 is 13.0 Å². The van der Waals surface area contributed by atoms with Crippen molar-refractivity contribution in [2.75, 3.05) is 0 Å². The average Bonchev–Trinajstić information content (AvgIpc) is 2.37. The molecule has 1 atom stereocenters. The molecule has 1 unspecified atom stereocenters. The van der Waals surface area contributed by atoms with Gasteiger partial charge in [0.05, 0.1) is 11.5 Å². The molecule has 0 bridgehead atoms. The van der Waals surface area contributed by atoms with Crippen LogP contribution in [0.15, 0.2) is 36.1 Å². The second-order valence-corrected chi connectivity index (χ2v) is 3.89. The van der Waals surface area contributed by atoms with E-state index in [9.17, 15) is 9.70 Å². The molecule has 0 radical (unpaired) electrons. The van der Waals surface area contributed by atoms with Crippen LogP contribution in [0.4, 0.5) is 0 Å². The molecule has 0 saturated heterocycles. The Kier molecular flexibility index (Phi) is 3.32. The van der Waals surface area contributed by atoms with Gasteiger partial charge in [-0.3, -0.25) is 0 Å². The second-order valence-electron chi connectivity index (χ2n) is 3.89. The Morgan fingerprint density at radius 3 is 3.06 bits per heavy atom. The van der Waals surface area contributed by atoms with Crippen molar-refractivity contribution in [2.24, 2.45) is 5.09 Å². The maximum absolute atomic E-state index is 11.1. The quantitative estimate of drug-likeness (QED) is 0.615. The number of nitrogens with one attached hydrogen (secondary N) is 1. The fourth-order valence-electron chi connectivity index (χ4n) is 1.98. The van der Waals surface area contributed by atoms with Crippen molar-refractivity contribution in [1.29, 1.82) is 0 Å². The Morgan fingerprint density at radius 1 is 1.67 bits per heavy atom. The smallest absolute Gasteiger partial charge is 0.536 e. The zero-order chi connectivity index (χ0) is 13.1. The van der Waals surface area contributed by atoms with Crippen LogP contribution in [0.5, 0.6) is 5.75 Å². The summed E-state index contributed by atoms with van der Waals surface area (Å²) >= 11 is 0. The molecule has 92 valence electrons. The van der Waals surface area contributed by atoms with E-state index in [1.54, 1.807) is 12.1 Å². The van der Waals surface area contributed by atoms with Crippen LogP contribution in [-0.4, -0.2) is 24.1 Å². The molecule has 0 spiro atoms. The summed E-state index contributed by atoms with van der Waals surface area (Å²) in [7, 11) is -0.962. The summed E-state index contributed by atoms with van der Waals surface area (Å²) in [6.45, 7) is 3.52. The van der Waals surface area contributed by atoms with Gasteiger partial charge < -0.3 is 15.1 Å².